The average molecular weight is 240 g/mol. The molecule has 0 radical (unpaired) electrons. The average Bonchev–Trinajstić information content (AvgIpc) is 3.07. The molecule has 1 fully saturated rings. The summed E-state index contributed by atoms with van der Waals surface area (Å²) in [6, 6.07) is 7.75. The molecule has 0 bridgehead atoms. The van der Waals surface area contributed by atoms with E-state index >= 15 is 0 Å². The van der Waals surface area contributed by atoms with Crippen LogP contribution in [0.4, 0.5) is 5.69 Å². The molecule has 0 aromatic heterocycles. The van der Waals surface area contributed by atoms with E-state index in [1.165, 1.54) is 19.3 Å². The van der Waals surface area contributed by atoms with Gasteiger partial charge in [0.1, 0.15) is 0 Å². The fourth-order valence-electron chi connectivity index (χ4n) is 1.62. The second-order valence-corrected chi connectivity index (χ2v) is 4.72. The van der Waals surface area contributed by atoms with E-state index in [0.717, 1.165) is 36.4 Å². The van der Waals surface area contributed by atoms with Gasteiger partial charge in [-0.2, -0.15) is 0 Å². The van der Waals surface area contributed by atoms with Crippen LogP contribution in [0.25, 0.3) is 0 Å². The Labute approximate surface area is 102 Å². The molecule has 1 aliphatic carbocycles. The lowest BCUT2D eigenvalue weighted by Gasteiger charge is -2.07. The highest BCUT2D eigenvalue weighted by Crippen LogP contribution is 2.31. The molecular weight excluding hydrogens is 222 g/mol. The van der Waals surface area contributed by atoms with Gasteiger partial charge in [-0.25, -0.2) is 0 Å². The zero-order valence-corrected chi connectivity index (χ0v) is 10.2. The molecule has 16 heavy (non-hydrogen) atoms. The molecule has 0 aliphatic heterocycles. The molecular formula is C13H18ClNO. The van der Waals surface area contributed by atoms with Crippen LogP contribution in [0.1, 0.15) is 19.3 Å². The second kappa shape index (κ2) is 6.12. The van der Waals surface area contributed by atoms with Crippen molar-refractivity contribution in [1.29, 1.82) is 0 Å². The van der Waals surface area contributed by atoms with E-state index in [4.69, 9.17) is 16.3 Å². The van der Waals surface area contributed by atoms with Crippen LogP contribution in [-0.2, 0) is 4.74 Å². The van der Waals surface area contributed by atoms with Gasteiger partial charge in [0.05, 0.1) is 6.61 Å². The van der Waals surface area contributed by atoms with E-state index in [-0.39, 0.29) is 0 Å². The van der Waals surface area contributed by atoms with Crippen molar-refractivity contribution in [3.8, 4) is 0 Å². The highest BCUT2D eigenvalue weighted by Gasteiger charge is 2.20. The molecule has 0 atom stereocenters. The molecule has 0 spiro atoms. The fraction of sp³-hybridized carbons (Fsp3) is 0.538. The zero-order valence-electron chi connectivity index (χ0n) is 9.42. The molecule has 1 aromatic carbocycles. The highest BCUT2D eigenvalue weighted by atomic mass is 35.5. The minimum Gasteiger partial charge on any atom is -0.383 e. The van der Waals surface area contributed by atoms with Crippen molar-refractivity contribution in [2.45, 2.75) is 19.3 Å². The van der Waals surface area contributed by atoms with E-state index in [9.17, 15) is 0 Å². The van der Waals surface area contributed by atoms with Crippen molar-refractivity contribution >= 4 is 17.3 Å². The maximum Gasteiger partial charge on any atom is 0.0639 e. The maximum absolute atomic E-state index is 5.88. The van der Waals surface area contributed by atoms with Gasteiger partial charge in [0.25, 0.3) is 0 Å². The zero-order chi connectivity index (χ0) is 11.2. The molecule has 1 N–H and O–H groups in total. The van der Waals surface area contributed by atoms with Gasteiger partial charge < -0.3 is 10.1 Å². The predicted molar refractivity (Wildman–Crippen MR) is 68.1 cm³/mol. The summed E-state index contributed by atoms with van der Waals surface area (Å²) in [7, 11) is 0. The van der Waals surface area contributed by atoms with Gasteiger partial charge in [0, 0.05) is 23.9 Å². The van der Waals surface area contributed by atoms with Crippen LogP contribution < -0.4 is 5.32 Å². The monoisotopic (exact) mass is 239 g/mol. The number of rotatable bonds is 7. The summed E-state index contributed by atoms with van der Waals surface area (Å²) in [4.78, 5) is 0. The van der Waals surface area contributed by atoms with Crippen LogP contribution in [0, 0.1) is 5.92 Å². The Morgan fingerprint density at radius 3 is 2.94 bits per heavy atom. The minimum atomic E-state index is 0.763. The molecule has 0 amide bonds. The number of anilines is 1. The quantitative estimate of drug-likeness (QED) is 0.735. The van der Waals surface area contributed by atoms with Crippen molar-refractivity contribution in [1.82, 2.24) is 0 Å². The summed E-state index contributed by atoms with van der Waals surface area (Å²) in [6.45, 7) is 2.51. The largest absolute Gasteiger partial charge is 0.383 e. The lowest BCUT2D eigenvalue weighted by molar-refractivity contribution is 0.137. The molecule has 1 aliphatic rings. The lowest BCUT2D eigenvalue weighted by Crippen LogP contribution is -2.10. The topological polar surface area (TPSA) is 21.3 Å². The van der Waals surface area contributed by atoms with E-state index in [1.54, 1.807) is 0 Å². The first-order valence-electron chi connectivity index (χ1n) is 5.92. The van der Waals surface area contributed by atoms with Gasteiger partial charge in [0.15, 0.2) is 0 Å². The fourth-order valence-corrected chi connectivity index (χ4v) is 1.81. The Balaban J connectivity index is 1.53. The third kappa shape index (κ3) is 4.42. The third-order valence-corrected chi connectivity index (χ3v) is 3.00. The predicted octanol–water partition coefficient (Wildman–Crippen LogP) is 3.57. The van der Waals surface area contributed by atoms with Crippen molar-refractivity contribution < 1.29 is 4.74 Å². The summed E-state index contributed by atoms with van der Waals surface area (Å²) in [5.41, 5.74) is 1.05. The van der Waals surface area contributed by atoms with Crippen LogP contribution in [0.3, 0.4) is 0 Å². The summed E-state index contributed by atoms with van der Waals surface area (Å²) in [5.74, 6) is 0.959. The van der Waals surface area contributed by atoms with Crippen molar-refractivity contribution in [2.24, 2.45) is 5.92 Å². The molecule has 3 heteroatoms. The molecule has 0 heterocycles. The van der Waals surface area contributed by atoms with E-state index in [0.29, 0.717) is 0 Å². The van der Waals surface area contributed by atoms with Gasteiger partial charge >= 0.3 is 0 Å². The van der Waals surface area contributed by atoms with Gasteiger partial charge in [0.2, 0.25) is 0 Å². The number of halogens is 1. The molecule has 1 saturated carbocycles. The molecule has 2 nitrogen and oxygen atoms in total. The molecule has 0 unspecified atom stereocenters. The minimum absolute atomic E-state index is 0.763. The van der Waals surface area contributed by atoms with Crippen LogP contribution in [0.2, 0.25) is 5.02 Å². The number of hydrogen-bond donors (Lipinski definition) is 1. The number of benzene rings is 1. The van der Waals surface area contributed by atoms with Crippen molar-refractivity contribution in [3.63, 3.8) is 0 Å². The highest BCUT2D eigenvalue weighted by molar-refractivity contribution is 6.30. The van der Waals surface area contributed by atoms with E-state index in [1.807, 2.05) is 24.3 Å². The second-order valence-electron chi connectivity index (χ2n) is 4.28. The molecule has 0 saturated heterocycles. The van der Waals surface area contributed by atoms with Gasteiger partial charge in [-0.15, -0.1) is 0 Å². The molecule has 2 rings (SSSR count). The van der Waals surface area contributed by atoms with Crippen LogP contribution in [-0.4, -0.2) is 19.8 Å². The van der Waals surface area contributed by atoms with Crippen LogP contribution >= 0.6 is 11.6 Å². The van der Waals surface area contributed by atoms with Gasteiger partial charge in [-0.05, 0) is 30.5 Å². The standard InChI is InChI=1S/C13H18ClNO/c14-12-2-1-3-13(10-12)15-7-9-16-8-6-11-4-5-11/h1-3,10-11,15H,4-9H2. The van der Waals surface area contributed by atoms with Crippen LogP contribution in [0.15, 0.2) is 24.3 Å². The van der Waals surface area contributed by atoms with Crippen LogP contribution in [0.5, 0.6) is 0 Å². The van der Waals surface area contributed by atoms with E-state index < -0.39 is 0 Å². The Bertz CT molecular complexity index is 325. The molecule has 88 valence electrons. The first-order valence-corrected chi connectivity index (χ1v) is 6.29. The summed E-state index contributed by atoms with van der Waals surface area (Å²) >= 11 is 5.88. The summed E-state index contributed by atoms with van der Waals surface area (Å²) in [5, 5.41) is 4.04. The summed E-state index contributed by atoms with van der Waals surface area (Å²) in [6.07, 6.45) is 4.05. The van der Waals surface area contributed by atoms with Gasteiger partial charge in [-0.3, -0.25) is 0 Å². The van der Waals surface area contributed by atoms with Crippen molar-refractivity contribution in [2.75, 3.05) is 25.1 Å². The Kier molecular flexibility index (Phi) is 4.49. The smallest absolute Gasteiger partial charge is 0.0639 e. The Morgan fingerprint density at radius 2 is 2.19 bits per heavy atom. The normalized spacial score (nSPS) is 15.1. The maximum atomic E-state index is 5.88. The lowest BCUT2D eigenvalue weighted by atomic mass is 10.3. The SMILES string of the molecule is Clc1cccc(NCCOCCC2CC2)c1. The van der Waals surface area contributed by atoms with Gasteiger partial charge in [-0.1, -0.05) is 30.5 Å². The number of hydrogen-bond acceptors (Lipinski definition) is 2. The molecule has 1 aromatic rings. The summed E-state index contributed by atoms with van der Waals surface area (Å²) < 4.78 is 5.54. The van der Waals surface area contributed by atoms with Crippen molar-refractivity contribution in [3.05, 3.63) is 29.3 Å². The number of nitrogens with one attached hydrogen (secondary N) is 1. The first kappa shape index (κ1) is 11.7. The first-order chi connectivity index (χ1) is 7.84. The Morgan fingerprint density at radius 1 is 1.31 bits per heavy atom. The number of ether oxygens (including phenoxy) is 1. The third-order valence-electron chi connectivity index (χ3n) is 2.77. The Hall–Kier alpha value is -0.730. The van der Waals surface area contributed by atoms with E-state index in [2.05, 4.69) is 5.32 Å².